The normalized spacial score (nSPS) is 11.0. The minimum atomic E-state index is -0.532. The molecule has 0 spiro atoms. The first-order chi connectivity index (χ1) is 11.6. The molecule has 1 aromatic carbocycles. The molecular formula is C16H12FN5OS. The number of rotatable bonds is 3. The second-order valence-corrected chi connectivity index (χ2v) is 5.99. The standard InChI is InChI=1S/C16H12FN5OS/c17-10-5-8(18)1-2-12(10)23-13-3-4-20-15-14(13)9(6-21-15)11-7-24-16(19)22-11/h1-7H,18H2,(H2,19,22)(H,20,21). The van der Waals surface area contributed by atoms with Gasteiger partial charge in [-0.3, -0.25) is 0 Å². The van der Waals surface area contributed by atoms with Gasteiger partial charge >= 0.3 is 0 Å². The number of nitrogens with zero attached hydrogens (tertiary/aromatic N) is 2. The van der Waals surface area contributed by atoms with Gasteiger partial charge in [-0.15, -0.1) is 11.3 Å². The number of aromatic amines is 1. The highest BCUT2D eigenvalue weighted by atomic mass is 32.1. The number of hydrogen-bond acceptors (Lipinski definition) is 6. The third-order valence-corrected chi connectivity index (χ3v) is 4.18. The van der Waals surface area contributed by atoms with Crippen LogP contribution in [0.5, 0.6) is 11.5 Å². The summed E-state index contributed by atoms with van der Waals surface area (Å²) in [5, 5.41) is 3.02. The average molecular weight is 341 g/mol. The van der Waals surface area contributed by atoms with Crippen LogP contribution in [0.1, 0.15) is 0 Å². The summed E-state index contributed by atoms with van der Waals surface area (Å²) in [6.45, 7) is 0. The maximum Gasteiger partial charge on any atom is 0.180 e. The van der Waals surface area contributed by atoms with E-state index >= 15 is 0 Å². The molecule has 0 atom stereocenters. The fourth-order valence-corrected chi connectivity index (χ4v) is 3.01. The van der Waals surface area contributed by atoms with E-state index in [0.29, 0.717) is 33.3 Å². The Hall–Kier alpha value is -3.13. The van der Waals surface area contributed by atoms with Crippen molar-refractivity contribution in [3.8, 4) is 22.8 Å². The SMILES string of the molecule is Nc1ccc(Oc2ccnc3[nH]cc(-c4csc(N)n4)c23)c(F)c1. The number of hydrogen-bond donors (Lipinski definition) is 3. The van der Waals surface area contributed by atoms with Crippen LogP contribution in [0.3, 0.4) is 0 Å². The summed E-state index contributed by atoms with van der Waals surface area (Å²) in [6.07, 6.45) is 3.36. The molecule has 120 valence electrons. The number of fused-ring (bicyclic) bond motifs is 1. The highest BCUT2D eigenvalue weighted by molar-refractivity contribution is 7.13. The quantitative estimate of drug-likeness (QED) is 0.492. The molecule has 0 radical (unpaired) electrons. The van der Waals surface area contributed by atoms with Gasteiger partial charge in [-0.05, 0) is 18.2 Å². The van der Waals surface area contributed by atoms with Crippen molar-refractivity contribution in [1.82, 2.24) is 15.0 Å². The number of pyridine rings is 1. The second kappa shape index (κ2) is 5.50. The fraction of sp³-hybridized carbons (Fsp3) is 0. The third-order valence-electron chi connectivity index (χ3n) is 3.51. The van der Waals surface area contributed by atoms with Gasteiger partial charge in [0.25, 0.3) is 0 Å². The maximum absolute atomic E-state index is 14.0. The smallest absolute Gasteiger partial charge is 0.180 e. The number of benzene rings is 1. The van der Waals surface area contributed by atoms with Crippen molar-refractivity contribution in [1.29, 1.82) is 0 Å². The number of aromatic nitrogens is 3. The van der Waals surface area contributed by atoms with Crippen molar-refractivity contribution < 1.29 is 9.13 Å². The van der Waals surface area contributed by atoms with Crippen molar-refractivity contribution in [3.63, 3.8) is 0 Å². The van der Waals surface area contributed by atoms with Gasteiger partial charge in [0.1, 0.15) is 11.4 Å². The van der Waals surface area contributed by atoms with Gasteiger partial charge in [0.05, 0.1) is 11.1 Å². The Labute approximate surface area is 139 Å². The molecule has 0 saturated heterocycles. The van der Waals surface area contributed by atoms with Gasteiger partial charge in [0, 0.05) is 35.1 Å². The van der Waals surface area contributed by atoms with Gasteiger partial charge in [-0.25, -0.2) is 14.4 Å². The molecule has 5 N–H and O–H groups in total. The lowest BCUT2D eigenvalue weighted by Crippen LogP contribution is -1.92. The summed E-state index contributed by atoms with van der Waals surface area (Å²) in [5.74, 6) is 0.0167. The number of nitrogens with one attached hydrogen (secondary N) is 1. The fourth-order valence-electron chi connectivity index (χ4n) is 2.44. The molecule has 0 bridgehead atoms. The van der Waals surface area contributed by atoms with Crippen molar-refractivity contribution in [2.24, 2.45) is 0 Å². The zero-order valence-electron chi connectivity index (χ0n) is 12.3. The van der Waals surface area contributed by atoms with Gasteiger partial charge in [0.15, 0.2) is 16.7 Å². The number of halogens is 1. The Morgan fingerprint density at radius 3 is 2.79 bits per heavy atom. The predicted octanol–water partition coefficient (Wildman–Crippen LogP) is 3.78. The summed E-state index contributed by atoms with van der Waals surface area (Å²) in [4.78, 5) is 11.6. The zero-order chi connectivity index (χ0) is 16.7. The molecule has 0 amide bonds. The number of thiazole rings is 1. The van der Waals surface area contributed by atoms with Crippen LogP contribution >= 0.6 is 11.3 Å². The van der Waals surface area contributed by atoms with Crippen LogP contribution in [-0.4, -0.2) is 15.0 Å². The Balaban J connectivity index is 1.85. The van der Waals surface area contributed by atoms with E-state index in [1.165, 1.54) is 23.5 Å². The summed E-state index contributed by atoms with van der Waals surface area (Å²) in [7, 11) is 0. The monoisotopic (exact) mass is 341 g/mol. The molecule has 4 aromatic rings. The van der Waals surface area contributed by atoms with Crippen molar-refractivity contribution in [2.45, 2.75) is 0 Å². The maximum atomic E-state index is 14.0. The van der Waals surface area contributed by atoms with E-state index in [4.69, 9.17) is 16.2 Å². The van der Waals surface area contributed by atoms with Crippen molar-refractivity contribution in [3.05, 3.63) is 47.9 Å². The van der Waals surface area contributed by atoms with E-state index < -0.39 is 5.82 Å². The van der Waals surface area contributed by atoms with E-state index in [9.17, 15) is 4.39 Å². The molecule has 6 nitrogen and oxygen atoms in total. The van der Waals surface area contributed by atoms with E-state index in [0.717, 1.165) is 5.56 Å². The Bertz CT molecular complexity index is 1040. The lowest BCUT2D eigenvalue weighted by Gasteiger charge is -2.09. The lowest BCUT2D eigenvalue weighted by atomic mass is 10.1. The van der Waals surface area contributed by atoms with Crippen LogP contribution in [0.25, 0.3) is 22.3 Å². The molecule has 0 fully saturated rings. The molecule has 4 rings (SSSR count). The Kier molecular flexibility index (Phi) is 3.31. The molecule has 0 unspecified atom stereocenters. The Morgan fingerprint density at radius 1 is 1.17 bits per heavy atom. The zero-order valence-corrected chi connectivity index (χ0v) is 13.1. The van der Waals surface area contributed by atoms with E-state index in [2.05, 4.69) is 15.0 Å². The van der Waals surface area contributed by atoms with Crippen LogP contribution in [0.2, 0.25) is 0 Å². The van der Waals surface area contributed by atoms with Crippen molar-refractivity contribution in [2.75, 3.05) is 11.5 Å². The molecule has 0 aliphatic rings. The lowest BCUT2D eigenvalue weighted by molar-refractivity contribution is 0.446. The van der Waals surface area contributed by atoms with E-state index in [-0.39, 0.29) is 5.75 Å². The van der Waals surface area contributed by atoms with Gasteiger partial charge in [-0.1, -0.05) is 0 Å². The first-order valence-corrected chi connectivity index (χ1v) is 7.90. The van der Waals surface area contributed by atoms with E-state index in [1.807, 2.05) is 5.38 Å². The molecule has 0 aliphatic heterocycles. The summed E-state index contributed by atoms with van der Waals surface area (Å²) >= 11 is 1.34. The summed E-state index contributed by atoms with van der Waals surface area (Å²) < 4.78 is 19.8. The van der Waals surface area contributed by atoms with Crippen LogP contribution in [-0.2, 0) is 0 Å². The van der Waals surface area contributed by atoms with Crippen LogP contribution in [0.4, 0.5) is 15.2 Å². The molecule has 0 aliphatic carbocycles. The van der Waals surface area contributed by atoms with Gasteiger partial charge in [0.2, 0.25) is 0 Å². The number of ether oxygens (including phenoxy) is 1. The van der Waals surface area contributed by atoms with Gasteiger partial charge in [-0.2, -0.15) is 0 Å². The largest absolute Gasteiger partial charge is 0.453 e. The van der Waals surface area contributed by atoms with E-state index in [1.54, 1.807) is 24.5 Å². The van der Waals surface area contributed by atoms with Gasteiger partial charge < -0.3 is 21.2 Å². The topological polar surface area (TPSA) is 103 Å². The molecule has 0 saturated carbocycles. The molecule has 3 aromatic heterocycles. The highest BCUT2D eigenvalue weighted by Crippen LogP contribution is 2.37. The molecule has 24 heavy (non-hydrogen) atoms. The molecule has 3 heterocycles. The molecular weight excluding hydrogens is 329 g/mol. The first kappa shape index (κ1) is 14.5. The highest BCUT2D eigenvalue weighted by Gasteiger charge is 2.16. The predicted molar refractivity (Wildman–Crippen MR) is 92.5 cm³/mol. The number of nitrogen functional groups attached to an aromatic ring is 2. The second-order valence-electron chi connectivity index (χ2n) is 5.10. The third kappa shape index (κ3) is 2.42. The summed E-state index contributed by atoms with van der Waals surface area (Å²) in [5.41, 5.74) is 13.7. The van der Waals surface area contributed by atoms with Crippen LogP contribution in [0.15, 0.2) is 42.0 Å². The minimum absolute atomic E-state index is 0.0849. The first-order valence-electron chi connectivity index (χ1n) is 7.02. The van der Waals surface area contributed by atoms with Crippen LogP contribution in [0, 0.1) is 5.82 Å². The summed E-state index contributed by atoms with van der Waals surface area (Å²) in [6, 6.07) is 5.96. The van der Waals surface area contributed by atoms with Crippen molar-refractivity contribution >= 4 is 33.2 Å². The number of nitrogens with two attached hydrogens (primary N) is 2. The minimum Gasteiger partial charge on any atom is -0.453 e. The number of anilines is 2. The number of H-pyrrole nitrogens is 1. The Morgan fingerprint density at radius 2 is 2.04 bits per heavy atom. The van der Waals surface area contributed by atoms with Crippen LogP contribution < -0.4 is 16.2 Å². The average Bonchev–Trinajstić information content (AvgIpc) is 3.16. The molecule has 8 heteroatoms.